The number of carbonyl (C=O) groups is 1. The van der Waals surface area contributed by atoms with E-state index in [2.05, 4.69) is 37.8 Å². The lowest BCUT2D eigenvalue weighted by molar-refractivity contribution is -0.111. The highest BCUT2D eigenvalue weighted by Crippen LogP contribution is 2.24. The SMILES string of the molecule is C=CC(=O)Nc1cccc(Nc2nc(Nc3ccc(OCCSC(=S)NC4CCCCC4)cc3)ncc2F)c1. The third-order valence-corrected chi connectivity index (χ3v) is 7.17. The molecule has 0 radical (unpaired) electrons. The van der Waals surface area contributed by atoms with E-state index in [9.17, 15) is 9.18 Å². The highest BCUT2D eigenvalue weighted by Gasteiger charge is 2.14. The summed E-state index contributed by atoms with van der Waals surface area (Å²) in [5.74, 6) is 0.760. The summed E-state index contributed by atoms with van der Waals surface area (Å²) in [4.78, 5) is 19.8. The smallest absolute Gasteiger partial charge is 0.247 e. The molecule has 2 aromatic carbocycles. The lowest BCUT2D eigenvalue weighted by Crippen LogP contribution is -2.33. The molecule has 1 aliphatic carbocycles. The zero-order valence-electron chi connectivity index (χ0n) is 21.4. The molecule has 1 heterocycles. The van der Waals surface area contributed by atoms with E-state index in [1.165, 1.54) is 38.2 Å². The largest absolute Gasteiger partial charge is 0.493 e. The van der Waals surface area contributed by atoms with Crippen molar-refractivity contribution in [3.8, 4) is 5.75 Å². The summed E-state index contributed by atoms with van der Waals surface area (Å²) in [7, 11) is 0. The number of benzene rings is 2. The fourth-order valence-corrected chi connectivity index (χ4v) is 5.05. The maximum absolute atomic E-state index is 14.4. The summed E-state index contributed by atoms with van der Waals surface area (Å²) in [6.45, 7) is 3.97. The second-order valence-corrected chi connectivity index (χ2v) is 10.7. The summed E-state index contributed by atoms with van der Waals surface area (Å²) >= 11 is 7.06. The molecule has 39 heavy (non-hydrogen) atoms. The maximum Gasteiger partial charge on any atom is 0.247 e. The quantitative estimate of drug-likeness (QED) is 0.117. The van der Waals surface area contributed by atoms with E-state index < -0.39 is 5.82 Å². The number of carbonyl (C=O) groups excluding carboxylic acids is 1. The molecule has 8 nitrogen and oxygen atoms in total. The predicted molar refractivity (Wildman–Crippen MR) is 161 cm³/mol. The zero-order chi connectivity index (χ0) is 27.5. The average Bonchev–Trinajstić information content (AvgIpc) is 2.94. The lowest BCUT2D eigenvalue weighted by Gasteiger charge is -2.23. The van der Waals surface area contributed by atoms with Gasteiger partial charge in [0.25, 0.3) is 0 Å². The molecule has 1 amide bonds. The number of ether oxygens (including phenoxy) is 1. The number of aromatic nitrogens is 2. The average molecular weight is 567 g/mol. The van der Waals surface area contributed by atoms with Crippen LogP contribution in [0, 0.1) is 5.82 Å². The Balaban J connectivity index is 1.25. The van der Waals surface area contributed by atoms with Crippen LogP contribution in [-0.4, -0.2) is 38.6 Å². The molecule has 1 fully saturated rings. The number of rotatable bonds is 11. The molecular formula is C28H31FN6O2S2. The molecule has 0 atom stereocenters. The summed E-state index contributed by atoms with van der Waals surface area (Å²) < 4.78 is 21.1. The van der Waals surface area contributed by atoms with Crippen molar-refractivity contribution in [1.82, 2.24) is 15.3 Å². The number of nitrogens with one attached hydrogen (secondary N) is 4. The fraction of sp³-hybridized carbons (Fsp3) is 0.286. The molecule has 11 heteroatoms. The van der Waals surface area contributed by atoms with Crippen molar-refractivity contribution in [2.75, 3.05) is 28.3 Å². The van der Waals surface area contributed by atoms with Crippen molar-refractivity contribution in [3.63, 3.8) is 0 Å². The van der Waals surface area contributed by atoms with Crippen LogP contribution in [-0.2, 0) is 4.79 Å². The first-order valence-electron chi connectivity index (χ1n) is 12.7. The van der Waals surface area contributed by atoms with Crippen molar-refractivity contribution < 1.29 is 13.9 Å². The van der Waals surface area contributed by atoms with E-state index in [0.717, 1.165) is 27.7 Å². The molecule has 1 aliphatic rings. The fourth-order valence-electron chi connectivity index (χ4n) is 4.03. The molecule has 0 spiro atoms. The molecule has 204 valence electrons. The van der Waals surface area contributed by atoms with Crippen molar-refractivity contribution in [3.05, 3.63) is 73.2 Å². The molecule has 1 saturated carbocycles. The highest BCUT2D eigenvalue weighted by molar-refractivity contribution is 8.22. The van der Waals surface area contributed by atoms with E-state index in [4.69, 9.17) is 17.0 Å². The monoisotopic (exact) mass is 566 g/mol. The van der Waals surface area contributed by atoms with Crippen LogP contribution in [0.5, 0.6) is 5.75 Å². The van der Waals surface area contributed by atoms with Gasteiger partial charge < -0.3 is 26.0 Å². The number of thiocarbonyl (C=S) groups is 1. The summed E-state index contributed by atoms with van der Waals surface area (Å²) in [6, 6.07) is 14.7. The van der Waals surface area contributed by atoms with Gasteiger partial charge in [-0.2, -0.15) is 4.98 Å². The van der Waals surface area contributed by atoms with Gasteiger partial charge in [-0.1, -0.05) is 55.9 Å². The van der Waals surface area contributed by atoms with Gasteiger partial charge in [0.2, 0.25) is 11.9 Å². The zero-order valence-corrected chi connectivity index (χ0v) is 23.0. The van der Waals surface area contributed by atoms with Gasteiger partial charge in [-0.15, -0.1) is 0 Å². The Kier molecular flexibility index (Phi) is 10.5. The van der Waals surface area contributed by atoms with Crippen LogP contribution in [0.2, 0.25) is 0 Å². The van der Waals surface area contributed by atoms with Gasteiger partial charge >= 0.3 is 0 Å². The van der Waals surface area contributed by atoms with Gasteiger partial charge in [0.05, 0.1) is 12.8 Å². The minimum atomic E-state index is -0.615. The Labute approximate surface area is 237 Å². The minimum Gasteiger partial charge on any atom is -0.493 e. The number of thioether (sulfide) groups is 1. The summed E-state index contributed by atoms with van der Waals surface area (Å²) in [5.41, 5.74) is 1.81. The van der Waals surface area contributed by atoms with Gasteiger partial charge in [-0.05, 0) is 61.4 Å². The van der Waals surface area contributed by atoms with Crippen LogP contribution in [0.25, 0.3) is 0 Å². The second-order valence-electron chi connectivity index (χ2n) is 8.90. The molecule has 3 aromatic rings. The first-order chi connectivity index (χ1) is 19.0. The Morgan fingerprint density at radius 1 is 1.10 bits per heavy atom. The lowest BCUT2D eigenvalue weighted by atomic mass is 9.96. The Bertz CT molecular complexity index is 1290. The molecule has 4 N–H and O–H groups in total. The van der Waals surface area contributed by atoms with Crippen LogP contribution in [0.1, 0.15) is 32.1 Å². The topological polar surface area (TPSA) is 100 Å². The van der Waals surface area contributed by atoms with Crippen molar-refractivity contribution >= 4 is 63.0 Å². The number of nitrogens with zero attached hydrogens (tertiary/aromatic N) is 2. The minimum absolute atomic E-state index is 0.00644. The summed E-state index contributed by atoms with van der Waals surface area (Å²) in [6.07, 6.45) is 8.53. The molecule has 0 saturated heterocycles. The molecule has 4 rings (SSSR count). The Morgan fingerprint density at radius 2 is 1.87 bits per heavy atom. The van der Waals surface area contributed by atoms with E-state index in [-0.39, 0.29) is 17.7 Å². The van der Waals surface area contributed by atoms with Crippen molar-refractivity contribution in [1.29, 1.82) is 0 Å². The van der Waals surface area contributed by atoms with Crippen LogP contribution >= 0.6 is 24.0 Å². The van der Waals surface area contributed by atoms with Crippen LogP contribution in [0.4, 0.5) is 33.2 Å². The van der Waals surface area contributed by atoms with Crippen molar-refractivity contribution in [2.24, 2.45) is 0 Å². The highest BCUT2D eigenvalue weighted by atomic mass is 32.2. The van der Waals surface area contributed by atoms with E-state index in [1.807, 2.05) is 24.3 Å². The number of amides is 1. The molecule has 0 unspecified atom stereocenters. The Hall–Kier alpha value is -3.70. The predicted octanol–water partition coefficient (Wildman–Crippen LogP) is 6.55. The van der Waals surface area contributed by atoms with Gasteiger partial charge in [-0.25, -0.2) is 9.37 Å². The van der Waals surface area contributed by atoms with Gasteiger partial charge in [0.1, 0.15) is 10.1 Å². The van der Waals surface area contributed by atoms with Crippen LogP contribution in [0.3, 0.4) is 0 Å². The second kappa shape index (κ2) is 14.5. The number of halogens is 1. The van der Waals surface area contributed by atoms with Crippen LogP contribution in [0.15, 0.2) is 67.4 Å². The third kappa shape index (κ3) is 9.22. The first kappa shape index (κ1) is 28.3. The molecule has 0 aliphatic heterocycles. The molecule has 1 aromatic heterocycles. The van der Waals surface area contributed by atoms with E-state index in [0.29, 0.717) is 24.0 Å². The molecule has 0 bridgehead atoms. The Morgan fingerprint density at radius 3 is 2.64 bits per heavy atom. The standard InChI is InChI=1S/C28H31FN6O2S2/c1-2-25(36)31-21-9-6-10-22(17-21)32-26-24(29)18-30-27(35-26)33-20-11-13-23(14-12-20)37-15-16-39-28(38)34-19-7-4-3-5-8-19/h2,6,9-14,17-19H,1,3-5,7-8,15-16H2,(H,31,36)(H,34,38)(H2,30,32,33,35). The maximum atomic E-state index is 14.4. The van der Waals surface area contributed by atoms with Gasteiger partial charge in [0.15, 0.2) is 11.6 Å². The van der Waals surface area contributed by atoms with E-state index >= 15 is 0 Å². The number of hydrogen-bond donors (Lipinski definition) is 4. The normalized spacial score (nSPS) is 13.3. The van der Waals surface area contributed by atoms with E-state index in [1.54, 1.807) is 36.0 Å². The van der Waals surface area contributed by atoms with Gasteiger partial charge in [-0.3, -0.25) is 4.79 Å². The van der Waals surface area contributed by atoms with Gasteiger partial charge in [0, 0.05) is 28.9 Å². The molecular weight excluding hydrogens is 535 g/mol. The third-order valence-electron chi connectivity index (χ3n) is 5.95. The summed E-state index contributed by atoms with van der Waals surface area (Å²) in [5, 5.41) is 12.1. The van der Waals surface area contributed by atoms with Crippen LogP contribution < -0.4 is 26.0 Å². The first-order valence-corrected chi connectivity index (χ1v) is 14.1. The van der Waals surface area contributed by atoms with Crippen molar-refractivity contribution in [2.45, 2.75) is 38.1 Å². The number of hydrogen-bond acceptors (Lipinski definition) is 8. The number of anilines is 5.